The number of ketones is 1. The number of aromatic nitrogens is 1. The van der Waals surface area contributed by atoms with Crippen molar-refractivity contribution in [3.63, 3.8) is 0 Å². The van der Waals surface area contributed by atoms with Crippen molar-refractivity contribution in [1.29, 1.82) is 0 Å². The highest BCUT2D eigenvalue weighted by atomic mass is 32.1. The maximum absolute atomic E-state index is 12.0. The SMILES string of the molecule is CC(=O)c1c(C)nsc1NC(=O)c1ccccc1. The molecule has 18 heavy (non-hydrogen) atoms. The average molecular weight is 260 g/mol. The molecule has 5 heteroatoms. The first-order chi connectivity index (χ1) is 8.59. The van der Waals surface area contributed by atoms with Crippen molar-refractivity contribution in [1.82, 2.24) is 4.37 Å². The molecular weight excluding hydrogens is 248 g/mol. The van der Waals surface area contributed by atoms with Crippen LogP contribution < -0.4 is 5.32 Å². The van der Waals surface area contributed by atoms with Crippen LogP contribution in [0, 0.1) is 6.92 Å². The van der Waals surface area contributed by atoms with Gasteiger partial charge in [-0.25, -0.2) is 0 Å². The van der Waals surface area contributed by atoms with E-state index in [9.17, 15) is 9.59 Å². The molecular formula is C13H12N2O2S. The molecule has 0 saturated carbocycles. The summed E-state index contributed by atoms with van der Waals surface area (Å²) in [4.78, 5) is 23.4. The van der Waals surface area contributed by atoms with Gasteiger partial charge in [-0.15, -0.1) is 0 Å². The molecule has 0 saturated heterocycles. The van der Waals surface area contributed by atoms with Crippen LogP contribution in [0.1, 0.15) is 33.3 Å². The molecule has 0 aliphatic heterocycles. The van der Waals surface area contributed by atoms with Gasteiger partial charge in [0.1, 0.15) is 5.00 Å². The summed E-state index contributed by atoms with van der Waals surface area (Å²) < 4.78 is 4.09. The van der Waals surface area contributed by atoms with E-state index in [0.717, 1.165) is 11.5 Å². The van der Waals surface area contributed by atoms with Gasteiger partial charge in [-0.3, -0.25) is 9.59 Å². The third-order valence-corrected chi connectivity index (χ3v) is 3.33. The molecule has 0 aliphatic rings. The lowest BCUT2D eigenvalue weighted by Gasteiger charge is -2.04. The maximum atomic E-state index is 12.0. The fourth-order valence-corrected chi connectivity index (χ4v) is 2.48. The third-order valence-electron chi connectivity index (χ3n) is 2.48. The predicted molar refractivity (Wildman–Crippen MR) is 71.3 cm³/mol. The second kappa shape index (κ2) is 5.10. The Hall–Kier alpha value is -2.01. The van der Waals surface area contributed by atoms with Crippen molar-refractivity contribution in [3.05, 3.63) is 47.2 Å². The van der Waals surface area contributed by atoms with E-state index in [1.54, 1.807) is 31.2 Å². The van der Waals surface area contributed by atoms with Crippen LogP contribution in [0.4, 0.5) is 5.00 Å². The standard InChI is InChI=1S/C13H12N2O2S/c1-8-11(9(2)16)13(18-15-8)14-12(17)10-6-4-3-5-7-10/h3-7H,1-2H3,(H,14,17). The number of nitrogens with one attached hydrogen (secondary N) is 1. The van der Waals surface area contributed by atoms with Crippen molar-refractivity contribution in [2.75, 3.05) is 5.32 Å². The van der Waals surface area contributed by atoms with E-state index in [2.05, 4.69) is 9.69 Å². The summed E-state index contributed by atoms with van der Waals surface area (Å²) in [5, 5.41) is 3.23. The van der Waals surface area contributed by atoms with Crippen LogP contribution in [0.5, 0.6) is 0 Å². The monoisotopic (exact) mass is 260 g/mol. The Kier molecular flexibility index (Phi) is 3.53. The molecule has 2 aromatic rings. The van der Waals surface area contributed by atoms with Gasteiger partial charge in [0.25, 0.3) is 5.91 Å². The van der Waals surface area contributed by atoms with Crippen molar-refractivity contribution < 1.29 is 9.59 Å². The Balaban J connectivity index is 2.25. The molecule has 1 aromatic heterocycles. The molecule has 0 fully saturated rings. The lowest BCUT2D eigenvalue weighted by atomic mass is 10.1. The molecule has 0 aliphatic carbocycles. The predicted octanol–water partition coefficient (Wildman–Crippen LogP) is 2.91. The second-order valence-corrected chi connectivity index (χ2v) is 4.62. The maximum Gasteiger partial charge on any atom is 0.256 e. The molecule has 92 valence electrons. The van der Waals surface area contributed by atoms with Crippen molar-refractivity contribution in [2.24, 2.45) is 0 Å². The minimum absolute atomic E-state index is 0.0930. The smallest absolute Gasteiger partial charge is 0.256 e. The van der Waals surface area contributed by atoms with Gasteiger partial charge in [0, 0.05) is 5.56 Å². The number of anilines is 1. The molecule has 2 rings (SSSR count). The fraction of sp³-hybridized carbons (Fsp3) is 0.154. The highest BCUT2D eigenvalue weighted by Crippen LogP contribution is 2.25. The Labute approximate surface area is 109 Å². The molecule has 1 N–H and O–H groups in total. The summed E-state index contributed by atoms with van der Waals surface area (Å²) in [5.74, 6) is -0.327. The number of nitrogens with zero attached hydrogens (tertiary/aromatic N) is 1. The lowest BCUT2D eigenvalue weighted by Crippen LogP contribution is -2.12. The molecule has 1 heterocycles. The number of carbonyl (C=O) groups excluding carboxylic acids is 2. The summed E-state index contributed by atoms with van der Waals surface area (Å²) in [6.45, 7) is 3.22. The minimum atomic E-state index is -0.234. The summed E-state index contributed by atoms with van der Waals surface area (Å²) in [5.41, 5.74) is 1.69. The van der Waals surface area contributed by atoms with E-state index in [4.69, 9.17) is 0 Å². The van der Waals surface area contributed by atoms with E-state index in [0.29, 0.717) is 21.8 Å². The van der Waals surface area contributed by atoms with Gasteiger partial charge in [-0.2, -0.15) is 4.37 Å². The number of amides is 1. The van der Waals surface area contributed by atoms with Gasteiger partial charge >= 0.3 is 0 Å². The summed E-state index contributed by atoms with van der Waals surface area (Å²) in [6.07, 6.45) is 0. The molecule has 1 amide bonds. The number of aryl methyl sites for hydroxylation is 1. The minimum Gasteiger partial charge on any atom is -0.312 e. The molecule has 0 bridgehead atoms. The van der Waals surface area contributed by atoms with Gasteiger partial charge in [-0.1, -0.05) is 18.2 Å². The van der Waals surface area contributed by atoms with Crippen LogP contribution in [0.25, 0.3) is 0 Å². The van der Waals surface area contributed by atoms with E-state index in [1.807, 2.05) is 6.07 Å². The van der Waals surface area contributed by atoms with Crippen molar-refractivity contribution in [3.8, 4) is 0 Å². The number of Topliss-reactive ketones (excluding diaryl/α,β-unsaturated/α-hetero) is 1. The van der Waals surface area contributed by atoms with E-state index >= 15 is 0 Å². The first kappa shape index (κ1) is 12.4. The van der Waals surface area contributed by atoms with Crippen LogP contribution >= 0.6 is 11.5 Å². The zero-order valence-electron chi connectivity index (χ0n) is 10.1. The second-order valence-electron chi connectivity index (χ2n) is 3.85. The zero-order valence-corrected chi connectivity index (χ0v) is 10.9. The number of carbonyl (C=O) groups is 2. The number of hydrogen-bond acceptors (Lipinski definition) is 4. The van der Waals surface area contributed by atoms with Crippen LogP contribution in [-0.2, 0) is 0 Å². The van der Waals surface area contributed by atoms with Crippen molar-refractivity contribution in [2.45, 2.75) is 13.8 Å². The average Bonchev–Trinajstić information content (AvgIpc) is 2.71. The quantitative estimate of drug-likeness (QED) is 0.863. The van der Waals surface area contributed by atoms with Crippen molar-refractivity contribution >= 4 is 28.2 Å². The normalized spacial score (nSPS) is 10.1. The lowest BCUT2D eigenvalue weighted by molar-refractivity contribution is 0.101. The highest BCUT2D eigenvalue weighted by Gasteiger charge is 2.17. The van der Waals surface area contributed by atoms with Crippen LogP contribution in [0.3, 0.4) is 0 Å². The summed E-state index contributed by atoms with van der Waals surface area (Å²) in [7, 11) is 0. The first-order valence-electron chi connectivity index (χ1n) is 5.43. The third kappa shape index (κ3) is 2.46. The largest absolute Gasteiger partial charge is 0.312 e. The topological polar surface area (TPSA) is 59.1 Å². The Morgan fingerprint density at radius 1 is 1.22 bits per heavy atom. The van der Waals surface area contributed by atoms with Gasteiger partial charge in [0.05, 0.1) is 11.3 Å². The molecule has 0 atom stereocenters. The molecule has 0 unspecified atom stereocenters. The molecule has 1 aromatic carbocycles. The molecule has 0 spiro atoms. The summed E-state index contributed by atoms with van der Waals surface area (Å²) >= 11 is 1.12. The number of rotatable bonds is 3. The van der Waals surface area contributed by atoms with Crippen LogP contribution in [-0.4, -0.2) is 16.1 Å². The Morgan fingerprint density at radius 2 is 1.89 bits per heavy atom. The first-order valence-corrected chi connectivity index (χ1v) is 6.20. The van der Waals surface area contributed by atoms with Gasteiger partial charge in [-0.05, 0) is 37.5 Å². The van der Waals surface area contributed by atoms with Crippen LogP contribution in [0.15, 0.2) is 30.3 Å². The Morgan fingerprint density at radius 3 is 2.50 bits per heavy atom. The fourth-order valence-electron chi connectivity index (χ4n) is 1.63. The van der Waals surface area contributed by atoms with E-state index in [-0.39, 0.29) is 11.7 Å². The van der Waals surface area contributed by atoms with E-state index in [1.165, 1.54) is 6.92 Å². The van der Waals surface area contributed by atoms with Gasteiger partial charge in [0.15, 0.2) is 5.78 Å². The highest BCUT2D eigenvalue weighted by molar-refractivity contribution is 7.11. The van der Waals surface area contributed by atoms with E-state index < -0.39 is 0 Å². The van der Waals surface area contributed by atoms with Gasteiger partial charge in [0.2, 0.25) is 0 Å². The molecule has 0 radical (unpaired) electrons. The number of hydrogen-bond donors (Lipinski definition) is 1. The van der Waals surface area contributed by atoms with Crippen LogP contribution in [0.2, 0.25) is 0 Å². The summed E-state index contributed by atoms with van der Waals surface area (Å²) in [6, 6.07) is 8.86. The molecule has 4 nitrogen and oxygen atoms in total. The van der Waals surface area contributed by atoms with Gasteiger partial charge < -0.3 is 5.32 Å². The Bertz CT molecular complexity index is 590. The number of benzene rings is 1. The zero-order chi connectivity index (χ0) is 13.1.